The van der Waals surface area contributed by atoms with Gasteiger partial charge in [-0.25, -0.2) is 4.39 Å². The number of benzene rings is 1. The first kappa shape index (κ1) is 13.2. The molecule has 18 heavy (non-hydrogen) atoms. The van der Waals surface area contributed by atoms with Crippen molar-refractivity contribution in [3.05, 3.63) is 57.5 Å². The number of aliphatic hydroxyl groups excluding tert-OH is 1. The molecule has 3 N–H and O–H groups in total. The van der Waals surface area contributed by atoms with Gasteiger partial charge in [0, 0.05) is 22.2 Å². The van der Waals surface area contributed by atoms with E-state index in [4.69, 9.17) is 5.73 Å². The molecule has 1 aromatic heterocycles. The van der Waals surface area contributed by atoms with E-state index in [0.29, 0.717) is 5.56 Å². The van der Waals surface area contributed by atoms with Crippen molar-refractivity contribution in [1.29, 1.82) is 0 Å². The Bertz CT molecular complexity index is 526. The molecule has 2 atom stereocenters. The van der Waals surface area contributed by atoms with Gasteiger partial charge in [0.05, 0.1) is 6.10 Å². The van der Waals surface area contributed by atoms with E-state index in [1.54, 1.807) is 18.2 Å². The van der Waals surface area contributed by atoms with Gasteiger partial charge < -0.3 is 10.8 Å². The summed E-state index contributed by atoms with van der Waals surface area (Å²) in [6.07, 6.45) is -0.759. The highest BCUT2D eigenvalue weighted by molar-refractivity contribution is 7.12. The molecule has 1 aromatic carbocycles. The fraction of sp³-hybridized carbons (Fsp3) is 0.286. The van der Waals surface area contributed by atoms with Gasteiger partial charge in [-0.3, -0.25) is 0 Å². The molecule has 0 radical (unpaired) electrons. The molecule has 0 aliphatic carbocycles. The largest absolute Gasteiger partial charge is 0.387 e. The zero-order valence-corrected chi connectivity index (χ0v) is 11.0. The predicted octanol–water partition coefficient (Wildman–Crippen LogP) is 2.97. The Kier molecular flexibility index (Phi) is 4.11. The van der Waals surface area contributed by atoms with Crippen LogP contribution in [0.2, 0.25) is 0 Å². The van der Waals surface area contributed by atoms with E-state index in [9.17, 15) is 9.50 Å². The van der Waals surface area contributed by atoms with Gasteiger partial charge in [-0.05, 0) is 30.7 Å². The summed E-state index contributed by atoms with van der Waals surface area (Å²) in [5.41, 5.74) is 6.17. The minimum atomic E-state index is -0.759. The second-order valence-electron chi connectivity index (χ2n) is 4.26. The fourth-order valence-corrected chi connectivity index (χ4v) is 2.94. The number of nitrogens with two attached hydrogens (primary N) is 1. The van der Waals surface area contributed by atoms with Gasteiger partial charge in [-0.15, -0.1) is 11.3 Å². The van der Waals surface area contributed by atoms with Crippen LogP contribution in [0.4, 0.5) is 4.39 Å². The Morgan fingerprint density at radius 2 is 2.00 bits per heavy atom. The molecule has 0 aliphatic rings. The minimum Gasteiger partial charge on any atom is -0.387 e. The maximum absolute atomic E-state index is 13.7. The Balaban J connectivity index is 2.32. The third kappa shape index (κ3) is 2.61. The predicted molar refractivity (Wildman–Crippen MR) is 72.2 cm³/mol. The van der Waals surface area contributed by atoms with E-state index in [0.717, 1.165) is 9.75 Å². The first-order chi connectivity index (χ1) is 8.63. The Labute approximate surface area is 110 Å². The van der Waals surface area contributed by atoms with Crippen LogP contribution in [0.5, 0.6) is 0 Å². The van der Waals surface area contributed by atoms with Crippen LogP contribution >= 0.6 is 11.3 Å². The van der Waals surface area contributed by atoms with Crippen molar-refractivity contribution in [3.8, 4) is 0 Å². The molecule has 0 saturated heterocycles. The SMILES string of the molecule is Cc1ccc(C(O)C(CN)c2ccccc2F)s1. The van der Waals surface area contributed by atoms with Crippen LogP contribution in [0.25, 0.3) is 0 Å². The summed E-state index contributed by atoms with van der Waals surface area (Å²) in [6, 6.07) is 10.3. The number of hydrogen-bond donors (Lipinski definition) is 2. The van der Waals surface area contributed by atoms with Crippen LogP contribution in [-0.4, -0.2) is 11.7 Å². The van der Waals surface area contributed by atoms with Crippen molar-refractivity contribution in [2.75, 3.05) is 6.54 Å². The van der Waals surface area contributed by atoms with Crippen molar-refractivity contribution < 1.29 is 9.50 Å². The average Bonchev–Trinajstić information content (AvgIpc) is 2.79. The van der Waals surface area contributed by atoms with E-state index >= 15 is 0 Å². The first-order valence-corrected chi connectivity index (χ1v) is 6.64. The maximum atomic E-state index is 13.7. The van der Waals surface area contributed by atoms with E-state index in [1.807, 2.05) is 19.1 Å². The third-order valence-electron chi connectivity index (χ3n) is 2.99. The molecule has 2 rings (SSSR count). The molecule has 1 heterocycles. The van der Waals surface area contributed by atoms with E-state index in [2.05, 4.69) is 0 Å². The fourth-order valence-electron chi connectivity index (χ4n) is 2.01. The van der Waals surface area contributed by atoms with E-state index < -0.39 is 12.0 Å². The van der Waals surface area contributed by atoms with Crippen LogP contribution in [0.1, 0.15) is 27.3 Å². The number of thiophene rings is 1. The van der Waals surface area contributed by atoms with Gasteiger partial charge in [-0.2, -0.15) is 0 Å². The molecule has 0 aliphatic heterocycles. The van der Waals surface area contributed by atoms with Crippen LogP contribution in [0.15, 0.2) is 36.4 Å². The van der Waals surface area contributed by atoms with Crippen molar-refractivity contribution in [2.24, 2.45) is 5.73 Å². The van der Waals surface area contributed by atoms with E-state index in [-0.39, 0.29) is 12.4 Å². The number of aliphatic hydroxyl groups is 1. The molecule has 0 spiro atoms. The highest BCUT2D eigenvalue weighted by Gasteiger charge is 2.24. The normalized spacial score (nSPS) is 14.4. The lowest BCUT2D eigenvalue weighted by Gasteiger charge is -2.21. The number of rotatable bonds is 4. The van der Waals surface area contributed by atoms with Crippen LogP contribution in [0, 0.1) is 12.7 Å². The molecule has 2 aromatic rings. The molecule has 4 heteroatoms. The quantitative estimate of drug-likeness (QED) is 0.892. The summed E-state index contributed by atoms with van der Waals surface area (Å²) in [6.45, 7) is 2.18. The van der Waals surface area contributed by atoms with Crippen molar-refractivity contribution in [2.45, 2.75) is 18.9 Å². The van der Waals surface area contributed by atoms with Crippen LogP contribution in [0.3, 0.4) is 0 Å². The topological polar surface area (TPSA) is 46.2 Å². The Hall–Kier alpha value is -1.23. The summed E-state index contributed by atoms with van der Waals surface area (Å²) in [5, 5.41) is 10.3. The summed E-state index contributed by atoms with van der Waals surface area (Å²) in [4.78, 5) is 1.94. The van der Waals surface area contributed by atoms with Crippen LogP contribution in [-0.2, 0) is 0 Å². The molecule has 0 fully saturated rings. The second kappa shape index (κ2) is 5.61. The highest BCUT2D eigenvalue weighted by atomic mass is 32.1. The van der Waals surface area contributed by atoms with Gasteiger partial charge in [0.25, 0.3) is 0 Å². The van der Waals surface area contributed by atoms with Crippen molar-refractivity contribution in [1.82, 2.24) is 0 Å². The highest BCUT2D eigenvalue weighted by Crippen LogP contribution is 2.34. The summed E-state index contributed by atoms with van der Waals surface area (Å²) < 4.78 is 13.7. The number of halogens is 1. The average molecular weight is 265 g/mol. The summed E-state index contributed by atoms with van der Waals surface area (Å²) >= 11 is 1.51. The molecule has 2 unspecified atom stereocenters. The first-order valence-electron chi connectivity index (χ1n) is 5.82. The molecule has 0 saturated carbocycles. The molecular formula is C14H16FNOS. The standard InChI is InChI=1S/C14H16FNOS/c1-9-6-7-13(18-9)14(17)11(8-16)10-4-2-3-5-12(10)15/h2-7,11,14,17H,8,16H2,1H3. The van der Waals surface area contributed by atoms with Gasteiger partial charge in [0.2, 0.25) is 0 Å². The van der Waals surface area contributed by atoms with Gasteiger partial charge in [-0.1, -0.05) is 18.2 Å². The zero-order valence-electron chi connectivity index (χ0n) is 10.1. The molecule has 0 amide bonds. The minimum absolute atomic E-state index is 0.207. The molecular weight excluding hydrogens is 249 g/mol. The molecule has 96 valence electrons. The molecule has 0 bridgehead atoms. The number of hydrogen-bond acceptors (Lipinski definition) is 3. The van der Waals surface area contributed by atoms with Gasteiger partial charge in [0.15, 0.2) is 0 Å². The van der Waals surface area contributed by atoms with Crippen molar-refractivity contribution >= 4 is 11.3 Å². The smallest absolute Gasteiger partial charge is 0.126 e. The van der Waals surface area contributed by atoms with Gasteiger partial charge in [0.1, 0.15) is 5.82 Å². The maximum Gasteiger partial charge on any atom is 0.126 e. The second-order valence-corrected chi connectivity index (χ2v) is 5.58. The monoisotopic (exact) mass is 265 g/mol. The zero-order chi connectivity index (χ0) is 13.1. The lowest BCUT2D eigenvalue weighted by molar-refractivity contribution is 0.149. The van der Waals surface area contributed by atoms with Crippen LogP contribution < -0.4 is 5.73 Å². The van der Waals surface area contributed by atoms with E-state index in [1.165, 1.54) is 17.4 Å². The Morgan fingerprint density at radius 3 is 2.56 bits per heavy atom. The summed E-state index contributed by atoms with van der Waals surface area (Å²) in [7, 11) is 0. The Morgan fingerprint density at radius 1 is 1.28 bits per heavy atom. The third-order valence-corrected chi connectivity index (χ3v) is 4.06. The lowest BCUT2D eigenvalue weighted by Crippen LogP contribution is -2.20. The molecule has 2 nitrogen and oxygen atoms in total. The summed E-state index contributed by atoms with van der Waals surface area (Å²) in [5.74, 6) is -0.732. The lowest BCUT2D eigenvalue weighted by atomic mass is 9.92. The number of aryl methyl sites for hydroxylation is 1. The van der Waals surface area contributed by atoms with Gasteiger partial charge >= 0.3 is 0 Å². The van der Waals surface area contributed by atoms with Crippen molar-refractivity contribution in [3.63, 3.8) is 0 Å².